The molecule has 0 aliphatic heterocycles. The minimum absolute atomic E-state index is 0.0116. The average molecular weight is 424 g/mol. The number of aromatic amines is 1. The fraction of sp³-hybridized carbons (Fsp3) is 0. The SMILES string of the molecule is NC(=O)c1cc(NS(=O)(=O)c2ccc(Br)cc2Br)n[nH]1. The van der Waals surface area contributed by atoms with E-state index in [1.165, 1.54) is 12.1 Å². The van der Waals surface area contributed by atoms with Gasteiger partial charge in [0.2, 0.25) is 0 Å². The Bertz CT molecular complexity index is 773. The van der Waals surface area contributed by atoms with E-state index >= 15 is 0 Å². The normalized spacial score (nSPS) is 11.3. The Balaban J connectivity index is 2.33. The van der Waals surface area contributed by atoms with Crippen LogP contribution in [0.2, 0.25) is 0 Å². The molecule has 1 aromatic heterocycles. The number of nitrogens with one attached hydrogen (secondary N) is 2. The second-order valence-corrected chi connectivity index (χ2v) is 7.13. The van der Waals surface area contributed by atoms with Crippen molar-refractivity contribution in [2.24, 2.45) is 5.73 Å². The molecular weight excluding hydrogens is 416 g/mol. The van der Waals surface area contributed by atoms with Gasteiger partial charge in [0.15, 0.2) is 5.82 Å². The van der Waals surface area contributed by atoms with Crippen LogP contribution in [0.3, 0.4) is 0 Å². The van der Waals surface area contributed by atoms with Crippen LogP contribution in [-0.2, 0) is 10.0 Å². The molecule has 0 aliphatic rings. The Morgan fingerprint density at radius 3 is 2.55 bits per heavy atom. The standard InChI is InChI=1S/C10H8Br2N4O3S/c11-5-1-2-8(6(12)3-5)20(18,19)16-9-4-7(10(13)17)14-15-9/h1-4H,(H2,13,17)(H2,14,15,16). The predicted octanol–water partition coefficient (Wildman–Crippen LogP) is 1.83. The summed E-state index contributed by atoms with van der Waals surface area (Å²) in [4.78, 5) is 10.9. The maximum Gasteiger partial charge on any atom is 0.266 e. The molecule has 0 fully saturated rings. The van der Waals surface area contributed by atoms with Crippen LogP contribution in [0.15, 0.2) is 38.1 Å². The number of hydrogen-bond acceptors (Lipinski definition) is 4. The average Bonchev–Trinajstić information content (AvgIpc) is 2.76. The molecule has 0 radical (unpaired) electrons. The fourth-order valence-corrected chi connectivity index (χ4v) is 4.13. The van der Waals surface area contributed by atoms with Crippen molar-refractivity contribution < 1.29 is 13.2 Å². The summed E-state index contributed by atoms with van der Waals surface area (Å²) in [5, 5.41) is 5.99. The van der Waals surface area contributed by atoms with Crippen LogP contribution in [0.1, 0.15) is 10.5 Å². The van der Waals surface area contributed by atoms with Gasteiger partial charge in [-0.3, -0.25) is 14.6 Å². The highest BCUT2D eigenvalue weighted by atomic mass is 79.9. The zero-order valence-electron chi connectivity index (χ0n) is 9.72. The number of rotatable bonds is 4. The molecule has 0 unspecified atom stereocenters. The molecule has 4 N–H and O–H groups in total. The predicted molar refractivity (Wildman–Crippen MR) is 79.8 cm³/mol. The van der Waals surface area contributed by atoms with Gasteiger partial charge in [-0.15, -0.1) is 0 Å². The van der Waals surface area contributed by atoms with Crippen LogP contribution in [0.4, 0.5) is 5.82 Å². The maximum absolute atomic E-state index is 12.2. The summed E-state index contributed by atoms with van der Waals surface area (Å²) in [5.74, 6) is -0.749. The smallest absolute Gasteiger partial charge is 0.266 e. The molecule has 0 aliphatic carbocycles. The lowest BCUT2D eigenvalue weighted by atomic mass is 10.4. The second kappa shape index (κ2) is 5.54. The van der Waals surface area contributed by atoms with Gasteiger partial charge in [0, 0.05) is 15.0 Å². The summed E-state index contributed by atoms with van der Waals surface area (Å²) in [6, 6.07) is 5.84. The van der Waals surface area contributed by atoms with E-state index in [1.54, 1.807) is 12.1 Å². The van der Waals surface area contributed by atoms with Crippen LogP contribution < -0.4 is 10.5 Å². The third-order valence-electron chi connectivity index (χ3n) is 2.27. The molecule has 0 atom stereocenters. The molecule has 0 saturated heterocycles. The molecule has 1 aromatic carbocycles. The number of carbonyl (C=O) groups is 1. The Labute approximate surface area is 131 Å². The summed E-state index contributed by atoms with van der Waals surface area (Å²) in [6.07, 6.45) is 0. The molecule has 10 heteroatoms. The molecule has 7 nitrogen and oxygen atoms in total. The van der Waals surface area contributed by atoms with E-state index < -0.39 is 15.9 Å². The zero-order chi connectivity index (χ0) is 14.9. The van der Waals surface area contributed by atoms with Gasteiger partial charge in [0.05, 0.1) is 0 Å². The molecule has 0 spiro atoms. The van der Waals surface area contributed by atoms with E-state index in [4.69, 9.17) is 5.73 Å². The maximum atomic E-state index is 12.2. The lowest BCUT2D eigenvalue weighted by Crippen LogP contribution is -2.14. The van der Waals surface area contributed by atoms with Crippen LogP contribution in [0.5, 0.6) is 0 Å². The van der Waals surface area contributed by atoms with E-state index in [0.29, 0.717) is 4.47 Å². The number of benzene rings is 1. The first-order valence-corrected chi connectivity index (χ1v) is 8.19. The molecule has 0 saturated carbocycles. The first-order valence-electron chi connectivity index (χ1n) is 5.12. The summed E-state index contributed by atoms with van der Waals surface area (Å²) >= 11 is 6.41. The van der Waals surface area contributed by atoms with Crippen molar-refractivity contribution in [3.8, 4) is 0 Å². The number of H-pyrrole nitrogens is 1. The highest BCUT2D eigenvalue weighted by molar-refractivity contribution is 9.11. The topological polar surface area (TPSA) is 118 Å². The fourth-order valence-electron chi connectivity index (χ4n) is 1.39. The highest BCUT2D eigenvalue weighted by Gasteiger charge is 2.19. The molecule has 106 valence electrons. The first-order chi connectivity index (χ1) is 9.29. The number of aromatic nitrogens is 2. The Hall–Kier alpha value is -1.39. The van der Waals surface area contributed by atoms with Crippen molar-refractivity contribution in [2.75, 3.05) is 4.72 Å². The molecule has 1 heterocycles. The lowest BCUT2D eigenvalue weighted by molar-refractivity contribution is 0.0995. The van der Waals surface area contributed by atoms with Crippen LogP contribution in [0.25, 0.3) is 0 Å². The Kier molecular flexibility index (Phi) is 4.16. The quantitative estimate of drug-likeness (QED) is 0.694. The molecule has 0 bridgehead atoms. The van der Waals surface area contributed by atoms with Crippen LogP contribution in [0, 0.1) is 0 Å². The molecule has 20 heavy (non-hydrogen) atoms. The van der Waals surface area contributed by atoms with E-state index in [-0.39, 0.29) is 16.4 Å². The van der Waals surface area contributed by atoms with Gasteiger partial charge in [-0.05, 0) is 34.1 Å². The van der Waals surface area contributed by atoms with Crippen molar-refractivity contribution in [1.29, 1.82) is 0 Å². The monoisotopic (exact) mass is 422 g/mol. The first kappa shape index (κ1) is 15.0. The van der Waals surface area contributed by atoms with E-state index in [2.05, 4.69) is 46.8 Å². The van der Waals surface area contributed by atoms with Gasteiger partial charge in [-0.1, -0.05) is 15.9 Å². The summed E-state index contributed by atoms with van der Waals surface area (Å²) in [7, 11) is -3.83. The highest BCUT2D eigenvalue weighted by Crippen LogP contribution is 2.27. The van der Waals surface area contributed by atoms with Gasteiger partial charge in [0.25, 0.3) is 15.9 Å². The van der Waals surface area contributed by atoms with Crippen molar-refractivity contribution in [2.45, 2.75) is 4.90 Å². The number of anilines is 1. The van der Waals surface area contributed by atoms with Gasteiger partial charge in [-0.2, -0.15) is 5.10 Å². The summed E-state index contributed by atoms with van der Waals surface area (Å²) in [6.45, 7) is 0. The third kappa shape index (κ3) is 3.19. The number of nitrogens with zero attached hydrogens (tertiary/aromatic N) is 1. The van der Waals surface area contributed by atoms with Crippen molar-refractivity contribution in [1.82, 2.24) is 10.2 Å². The Morgan fingerprint density at radius 1 is 1.30 bits per heavy atom. The number of nitrogens with two attached hydrogens (primary N) is 1. The molecule has 1 amide bonds. The number of hydrogen-bond donors (Lipinski definition) is 3. The third-order valence-corrected chi connectivity index (χ3v) is 5.09. The Morgan fingerprint density at radius 2 is 2.00 bits per heavy atom. The largest absolute Gasteiger partial charge is 0.364 e. The number of amides is 1. The van der Waals surface area contributed by atoms with Crippen molar-refractivity contribution in [3.63, 3.8) is 0 Å². The number of primary amides is 1. The molecule has 2 rings (SSSR count). The van der Waals surface area contributed by atoms with E-state index in [1.807, 2.05) is 0 Å². The van der Waals surface area contributed by atoms with Gasteiger partial charge < -0.3 is 5.73 Å². The van der Waals surface area contributed by atoms with Gasteiger partial charge >= 0.3 is 0 Å². The lowest BCUT2D eigenvalue weighted by Gasteiger charge is -2.07. The number of sulfonamides is 1. The van der Waals surface area contributed by atoms with Crippen LogP contribution >= 0.6 is 31.9 Å². The van der Waals surface area contributed by atoms with Crippen molar-refractivity contribution >= 4 is 53.6 Å². The van der Waals surface area contributed by atoms with E-state index in [9.17, 15) is 13.2 Å². The molecular formula is C10H8Br2N4O3S. The minimum atomic E-state index is -3.83. The van der Waals surface area contributed by atoms with E-state index in [0.717, 1.165) is 4.47 Å². The number of halogens is 2. The number of carbonyl (C=O) groups excluding carboxylic acids is 1. The zero-order valence-corrected chi connectivity index (χ0v) is 13.7. The van der Waals surface area contributed by atoms with Crippen LogP contribution in [-0.4, -0.2) is 24.5 Å². The van der Waals surface area contributed by atoms with Gasteiger partial charge in [-0.25, -0.2) is 8.42 Å². The van der Waals surface area contributed by atoms with Gasteiger partial charge in [0.1, 0.15) is 10.6 Å². The van der Waals surface area contributed by atoms with Crippen molar-refractivity contribution in [3.05, 3.63) is 38.9 Å². The molecule has 2 aromatic rings. The summed E-state index contributed by atoms with van der Waals surface area (Å²) in [5.41, 5.74) is 5.05. The second-order valence-electron chi connectivity index (χ2n) is 3.71. The minimum Gasteiger partial charge on any atom is -0.364 e. The summed E-state index contributed by atoms with van der Waals surface area (Å²) < 4.78 is 27.7.